The van der Waals surface area contributed by atoms with Gasteiger partial charge in [0, 0.05) is 30.2 Å². The molecule has 1 aliphatic rings. The molecule has 2 rings (SSSR count). The van der Waals surface area contributed by atoms with E-state index in [1.54, 1.807) is 7.11 Å². The number of aryl methyl sites for hydroxylation is 1. The topological polar surface area (TPSA) is 24.5 Å². The van der Waals surface area contributed by atoms with Crippen molar-refractivity contribution in [2.75, 3.05) is 20.7 Å². The van der Waals surface area contributed by atoms with E-state index < -0.39 is 0 Å². The van der Waals surface area contributed by atoms with Crippen LogP contribution in [0.3, 0.4) is 0 Å². The maximum atomic E-state index is 5.57. The van der Waals surface area contributed by atoms with E-state index >= 15 is 0 Å². The summed E-state index contributed by atoms with van der Waals surface area (Å²) < 4.78 is 5.57. The second kappa shape index (κ2) is 7.28. The number of ether oxygens (including phenoxy) is 1. The lowest BCUT2D eigenvalue weighted by molar-refractivity contribution is 0.0916. The number of likely N-dealkylation sites (tertiary alicyclic amines) is 1. The smallest absolute Gasteiger partial charge is 0.123 e. The van der Waals surface area contributed by atoms with Crippen LogP contribution in [0.1, 0.15) is 50.3 Å². The molecule has 0 aromatic heterocycles. The standard InChI is InChI=1S/C18H30N2O/c1-13-9-10-18(21-5)16(11-13)17(19-4)12-20-14(2)7-6-8-15(20)3/h9-11,14-15,17,19H,6-8,12H2,1-5H3. The molecule has 118 valence electrons. The second-order valence-corrected chi connectivity index (χ2v) is 6.41. The SMILES string of the molecule is CNC(CN1C(C)CCCC1C)c1cc(C)ccc1OC. The number of nitrogens with zero attached hydrogens (tertiary/aromatic N) is 1. The zero-order valence-electron chi connectivity index (χ0n) is 14.1. The monoisotopic (exact) mass is 290 g/mol. The zero-order chi connectivity index (χ0) is 15.4. The fourth-order valence-electron chi connectivity index (χ4n) is 3.52. The van der Waals surface area contributed by atoms with Gasteiger partial charge in [0.15, 0.2) is 0 Å². The largest absolute Gasteiger partial charge is 0.496 e. The molecular weight excluding hydrogens is 260 g/mol. The van der Waals surface area contributed by atoms with Gasteiger partial charge < -0.3 is 10.1 Å². The summed E-state index contributed by atoms with van der Waals surface area (Å²) in [6.07, 6.45) is 3.98. The molecule has 1 saturated heterocycles. The Labute approximate surface area is 129 Å². The molecular formula is C18H30N2O. The van der Waals surface area contributed by atoms with Crippen molar-refractivity contribution < 1.29 is 4.74 Å². The molecule has 0 spiro atoms. The van der Waals surface area contributed by atoms with Gasteiger partial charge >= 0.3 is 0 Å². The molecule has 3 unspecified atom stereocenters. The first-order valence-electron chi connectivity index (χ1n) is 8.14. The molecule has 1 aromatic rings. The van der Waals surface area contributed by atoms with E-state index in [2.05, 4.69) is 49.2 Å². The van der Waals surface area contributed by atoms with Crippen molar-refractivity contribution in [1.29, 1.82) is 0 Å². The van der Waals surface area contributed by atoms with Crippen LogP contribution in [0.25, 0.3) is 0 Å². The van der Waals surface area contributed by atoms with Crippen molar-refractivity contribution in [2.45, 2.75) is 58.2 Å². The Morgan fingerprint density at radius 1 is 1.29 bits per heavy atom. The fraction of sp³-hybridized carbons (Fsp3) is 0.667. The molecule has 1 heterocycles. The normalized spacial score (nSPS) is 24.8. The van der Waals surface area contributed by atoms with Crippen LogP contribution in [0.4, 0.5) is 0 Å². The van der Waals surface area contributed by atoms with E-state index in [1.165, 1.54) is 30.4 Å². The van der Waals surface area contributed by atoms with Gasteiger partial charge in [-0.15, -0.1) is 0 Å². The first kappa shape index (κ1) is 16.3. The first-order valence-corrected chi connectivity index (χ1v) is 8.14. The summed E-state index contributed by atoms with van der Waals surface area (Å²) in [6.45, 7) is 7.90. The van der Waals surface area contributed by atoms with Gasteiger partial charge in [-0.2, -0.15) is 0 Å². The third-order valence-electron chi connectivity index (χ3n) is 4.88. The Bertz CT molecular complexity index is 451. The summed E-state index contributed by atoms with van der Waals surface area (Å²) in [5.74, 6) is 0.984. The lowest BCUT2D eigenvalue weighted by Gasteiger charge is -2.41. The summed E-state index contributed by atoms with van der Waals surface area (Å²) in [5.41, 5.74) is 2.55. The minimum atomic E-state index is 0.308. The van der Waals surface area contributed by atoms with Crippen molar-refractivity contribution in [1.82, 2.24) is 10.2 Å². The van der Waals surface area contributed by atoms with Gasteiger partial charge in [-0.25, -0.2) is 0 Å². The number of hydrogen-bond acceptors (Lipinski definition) is 3. The van der Waals surface area contributed by atoms with Crippen LogP contribution in [0.5, 0.6) is 5.75 Å². The number of likely N-dealkylation sites (N-methyl/N-ethyl adjacent to an activating group) is 1. The summed E-state index contributed by atoms with van der Waals surface area (Å²) in [4.78, 5) is 2.65. The molecule has 21 heavy (non-hydrogen) atoms. The third-order valence-corrected chi connectivity index (χ3v) is 4.88. The molecule has 0 radical (unpaired) electrons. The van der Waals surface area contributed by atoms with Crippen molar-refractivity contribution in [3.8, 4) is 5.75 Å². The highest BCUT2D eigenvalue weighted by Gasteiger charge is 2.28. The molecule has 1 aliphatic heterocycles. The van der Waals surface area contributed by atoms with Crippen LogP contribution in [0.2, 0.25) is 0 Å². The average Bonchev–Trinajstić information content (AvgIpc) is 2.47. The Kier molecular flexibility index (Phi) is 5.65. The van der Waals surface area contributed by atoms with E-state index in [0.717, 1.165) is 12.3 Å². The summed E-state index contributed by atoms with van der Waals surface area (Å²) in [7, 11) is 3.80. The Morgan fingerprint density at radius 2 is 1.95 bits per heavy atom. The van der Waals surface area contributed by atoms with Crippen LogP contribution < -0.4 is 10.1 Å². The fourth-order valence-corrected chi connectivity index (χ4v) is 3.52. The number of methoxy groups -OCH3 is 1. The number of benzene rings is 1. The third kappa shape index (κ3) is 3.78. The van der Waals surface area contributed by atoms with Crippen LogP contribution in [0, 0.1) is 6.92 Å². The highest BCUT2D eigenvalue weighted by molar-refractivity contribution is 5.39. The lowest BCUT2D eigenvalue weighted by atomic mass is 9.95. The van der Waals surface area contributed by atoms with E-state index in [0.29, 0.717) is 18.1 Å². The van der Waals surface area contributed by atoms with Gasteiger partial charge in [-0.05, 0) is 46.7 Å². The van der Waals surface area contributed by atoms with E-state index in [1.807, 2.05) is 7.05 Å². The number of piperidine rings is 1. The van der Waals surface area contributed by atoms with Gasteiger partial charge in [0.1, 0.15) is 5.75 Å². The molecule has 0 saturated carbocycles. The Balaban J connectivity index is 2.21. The first-order chi connectivity index (χ1) is 10.1. The maximum Gasteiger partial charge on any atom is 0.123 e. The molecule has 1 fully saturated rings. The number of hydrogen-bond donors (Lipinski definition) is 1. The van der Waals surface area contributed by atoms with Gasteiger partial charge in [-0.1, -0.05) is 24.1 Å². The highest BCUT2D eigenvalue weighted by Crippen LogP contribution is 2.30. The summed E-state index contributed by atoms with van der Waals surface area (Å²) in [6, 6.07) is 8.09. The zero-order valence-corrected chi connectivity index (χ0v) is 14.1. The van der Waals surface area contributed by atoms with Crippen LogP contribution in [-0.2, 0) is 0 Å². The number of nitrogens with one attached hydrogen (secondary N) is 1. The van der Waals surface area contributed by atoms with E-state index in [4.69, 9.17) is 4.74 Å². The van der Waals surface area contributed by atoms with Gasteiger partial charge in [-0.3, -0.25) is 4.90 Å². The molecule has 0 bridgehead atoms. The second-order valence-electron chi connectivity index (χ2n) is 6.41. The maximum absolute atomic E-state index is 5.57. The number of rotatable bonds is 5. The molecule has 1 N–H and O–H groups in total. The molecule has 3 atom stereocenters. The Hall–Kier alpha value is -1.06. The van der Waals surface area contributed by atoms with Crippen molar-refractivity contribution in [3.05, 3.63) is 29.3 Å². The molecule has 0 aliphatic carbocycles. The molecule has 0 amide bonds. The lowest BCUT2D eigenvalue weighted by Crippen LogP contribution is -2.47. The minimum absolute atomic E-state index is 0.308. The van der Waals surface area contributed by atoms with Crippen molar-refractivity contribution in [2.24, 2.45) is 0 Å². The van der Waals surface area contributed by atoms with E-state index in [-0.39, 0.29) is 0 Å². The molecule has 3 nitrogen and oxygen atoms in total. The summed E-state index contributed by atoms with van der Waals surface area (Å²) in [5, 5.41) is 3.49. The Morgan fingerprint density at radius 3 is 2.52 bits per heavy atom. The van der Waals surface area contributed by atoms with Gasteiger partial charge in [0.2, 0.25) is 0 Å². The predicted molar refractivity (Wildman–Crippen MR) is 89.0 cm³/mol. The van der Waals surface area contributed by atoms with Crippen LogP contribution in [0.15, 0.2) is 18.2 Å². The average molecular weight is 290 g/mol. The highest BCUT2D eigenvalue weighted by atomic mass is 16.5. The van der Waals surface area contributed by atoms with Crippen molar-refractivity contribution >= 4 is 0 Å². The predicted octanol–water partition coefficient (Wildman–Crippen LogP) is 3.53. The van der Waals surface area contributed by atoms with Gasteiger partial charge in [0.05, 0.1) is 7.11 Å². The minimum Gasteiger partial charge on any atom is -0.496 e. The van der Waals surface area contributed by atoms with Crippen molar-refractivity contribution in [3.63, 3.8) is 0 Å². The van der Waals surface area contributed by atoms with Gasteiger partial charge in [0.25, 0.3) is 0 Å². The quantitative estimate of drug-likeness (QED) is 0.898. The molecule has 1 aromatic carbocycles. The van der Waals surface area contributed by atoms with Crippen LogP contribution in [-0.4, -0.2) is 37.7 Å². The van der Waals surface area contributed by atoms with Crippen LogP contribution >= 0.6 is 0 Å². The summed E-state index contributed by atoms with van der Waals surface area (Å²) >= 11 is 0. The van der Waals surface area contributed by atoms with E-state index in [9.17, 15) is 0 Å². The molecule has 3 heteroatoms.